The third kappa shape index (κ3) is 12.0. The molecule has 0 unspecified atom stereocenters. The van der Waals surface area contributed by atoms with E-state index >= 15 is 0 Å². The van der Waals surface area contributed by atoms with Gasteiger partial charge >= 0.3 is 5.97 Å². The average Bonchev–Trinajstić information content (AvgIpc) is 2.79. The van der Waals surface area contributed by atoms with Gasteiger partial charge in [-0.1, -0.05) is 55.4 Å². The molecule has 0 saturated carbocycles. The van der Waals surface area contributed by atoms with Gasteiger partial charge in [-0.3, -0.25) is 24.0 Å². The van der Waals surface area contributed by atoms with E-state index < -0.39 is 66.9 Å². The van der Waals surface area contributed by atoms with Crippen molar-refractivity contribution in [2.45, 2.75) is 79.6 Å². The van der Waals surface area contributed by atoms with Crippen molar-refractivity contribution in [3.63, 3.8) is 0 Å². The van der Waals surface area contributed by atoms with Crippen molar-refractivity contribution >= 4 is 35.5 Å². The van der Waals surface area contributed by atoms with Crippen LogP contribution in [0.25, 0.3) is 0 Å². The molecule has 13 nitrogen and oxygen atoms in total. The van der Waals surface area contributed by atoms with E-state index in [0.717, 1.165) is 0 Å². The van der Waals surface area contributed by atoms with Gasteiger partial charge in [-0.05, 0) is 17.8 Å². The van der Waals surface area contributed by atoms with E-state index in [2.05, 4.69) is 32.3 Å². The Kier molecular flexibility index (Phi) is 14.4. The predicted molar refractivity (Wildman–Crippen MR) is 135 cm³/mol. The number of rotatable bonds is 15. The molecule has 5 amide bonds. The topological polar surface area (TPSA) is 210 Å². The van der Waals surface area contributed by atoms with Crippen molar-refractivity contribution in [3.8, 4) is 0 Å². The quantitative estimate of drug-likeness (QED) is 0.127. The number of amides is 5. The van der Waals surface area contributed by atoms with E-state index in [4.69, 9.17) is 0 Å². The van der Waals surface area contributed by atoms with Gasteiger partial charge in [0.15, 0.2) is 6.04 Å². The second kappa shape index (κ2) is 15.8. The van der Waals surface area contributed by atoms with E-state index in [1.165, 1.54) is 0 Å². The summed E-state index contributed by atoms with van der Waals surface area (Å²) in [6.45, 7) is 13.0. The summed E-state index contributed by atoms with van der Waals surface area (Å²) in [6.07, 6.45) is 0. The highest BCUT2D eigenvalue weighted by Gasteiger charge is 2.31. The van der Waals surface area contributed by atoms with Crippen LogP contribution in [0.1, 0.15) is 55.4 Å². The first-order valence-corrected chi connectivity index (χ1v) is 12.5. The largest absolute Gasteiger partial charge is 0.480 e. The average molecular weight is 530 g/mol. The summed E-state index contributed by atoms with van der Waals surface area (Å²) >= 11 is 0. The summed E-state index contributed by atoms with van der Waals surface area (Å²) in [4.78, 5) is 73.3. The van der Waals surface area contributed by atoms with Crippen LogP contribution in [0.3, 0.4) is 0 Å². The standard InChI is InChI=1S/C24H44N6O7/c1-11(2)17(25)21(33)29-18(12(3)4)22(34)27-9-15(31)26-10-16(32)28-19(13(5)6)23(35)30-20(14(7)8)24(36)37/h11-14,17-20H,9-10,25H2,1-8H3,(H,26,31)(H,27,34)(H,28,32)(H,29,33)(H,30,35)(H,36,37)/p+1/t17-,18-,19-,20-/m0/s1. The summed E-state index contributed by atoms with van der Waals surface area (Å²) in [5.74, 6) is -5.02. The van der Waals surface area contributed by atoms with Crippen molar-refractivity contribution < 1.29 is 39.6 Å². The number of hydrogen-bond acceptors (Lipinski definition) is 6. The molecule has 0 aliphatic rings. The molecule has 0 aliphatic carbocycles. The van der Waals surface area contributed by atoms with Crippen LogP contribution in [-0.2, 0) is 28.8 Å². The lowest BCUT2D eigenvalue weighted by atomic mass is 10.0. The molecule has 0 aromatic heterocycles. The Labute approximate surface area is 218 Å². The minimum absolute atomic E-state index is 0.0111. The maximum Gasteiger partial charge on any atom is 0.326 e. The lowest BCUT2D eigenvalue weighted by molar-refractivity contribution is -0.414. The molecule has 37 heavy (non-hydrogen) atoms. The second-order valence-electron chi connectivity index (χ2n) is 10.4. The first-order chi connectivity index (χ1) is 17.0. The number of carbonyl (C=O) groups excluding carboxylic acids is 5. The Morgan fingerprint density at radius 1 is 0.568 bits per heavy atom. The van der Waals surface area contributed by atoms with E-state index in [0.29, 0.717) is 0 Å². The first-order valence-electron chi connectivity index (χ1n) is 12.5. The molecular weight excluding hydrogens is 484 g/mol. The van der Waals surface area contributed by atoms with E-state index in [1.807, 2.05) is 13.8 Å². The minimum atomic E-state index is -1.18. The SMILES string of the molecule is CC(C)[C@H]([NH3+])C(=O)N[C@H](C(=O)NCC(=O)NCC(=O)N[C@H](C(=O)N[C@H](C(=O)O)C(C)C)C(C)C)C(C)C. The highest BCUT2D eigenvalue weighted by molar-refractivity contribution is 5.94. The smallest absolute Gasteiger partial charge is 0.326 e. The zero-order valence-electron chi connectivity index (χ0n) is 23.1. The third-order valence-corrected chi connectivity index (χ3v) is 5.75. The van der Waals surface area contributed by atoms with E-state index in [-0.39, 0.29) is 29.6 Å². The summed E-state index contributed by atoms with van der Waals surface area (Å²) < 4.78 is 0. The molecule has 0 spiro atoms. The molecule has 9 N–H and O–H groups in total. The molecule has 212 valence electrons. The Bertz CT molecular complexity index is 828. The molecular formula is C24H45N6O7+. The van der Waals surface area contributed by atoms with Crippen LogP contribution in [-0.4, -0.2) is 77.9 Å². The maximum absolute atomic E-state index is 12.6. The Hall–Kier alpha value is -3.22. The van der Waals surface area contributed by atoms with Crippen LogP contribution in [0.15, 0.2) is 0 Å². The van der Waals surface area contributed by atoms with Crippen LogP contribution < -0.4 is 32.3 Å². The van der Waals surface area contributed by atoms with Crippen LogP contribution >= 0.6 is 0 Å². The Balaban J connectivity index is 4.86. The molecule has 0 aromatic rings. The second-order valence-corrected chi connectivity index (χ2v) is 10.4. The number of hydrogen-bond donors (Lipinski definition) is 7. The Morgan fingerprint density at radius 2 is 1.00 bits per heavy atom. The normalized spacial score (nSPS) is 14.5. The molecule has 4 atom stereocenters. The van der Waals surface area contributed by atoms with Gasteiger partial charge < -0.3 is 37.4 Å². The summed E-state index contributed by atoms with van der Waals surface area (Å²) in [7, 11) is 0. The van der Waals surface area contributed by atoms with Gasteiger partial charge in [0.25, 0.3) is 5.91 Å². The highest BCUT2D eigenvalue weighted by Crippen LogP contribution is 2.07. The molecule has 0 aliphatic heterocycles. The summed E-state index contributed by atoms with van der Waals surface area (Å²) in [6, 6.07) is -3.52. The first kappa shape index (κ1) is 33.8. The van der Waals surface area contributed by atoms with Crippen molar-refractivity contribution in [1.29, 1.82) is 0 Å². The van der Waals surface area contributed by atoms with Crippen molar-refractivity contribution in [2.24, 2.45) is 23.7 Å². The number of carboxylic acid groups (broad SMARTS) is 1. The monoisotopic (exact) mass is 529 g/mol. The van der Waals surface area contributed by atoms with Gasteiger partial charge in [0.1, 0.15) is 18.1 Å². The molecule has 0 rings (SSSR count). The number of carbonyl (C=O) groups is 6. The van der Waals surface area contributed by atoms with Gasteiger partial charge in [-0.15, -0.1) is 0 Å². The molecule has 0 saturated heterocycles. The van der Waals surface area contributed by atoms with E-state index in [9.17, 15) is 33.9 Å². The van der Waals surface area contributed by atoms with Crippen molar-refractivity contribution in [2.75, 3.05) is 13.1 Å². The fourth-order valence-electron chi connectivity index (χ4n) is 3.13. The summed E-state index contributed by atoms with van der Waals surface area (Å²) in [5.41, 5.74) is 3.80. The van der Waals surface area contributed by atoms with Gasteiger partial charge in [-0.2, -0.15) is 0 Å². The molecule has 0 bridgehead atoms. The number of nitrogens with one attached hydrogen (secondary N) is 5. The van der Waals surface area contributed by atoms with Gasteiger partial charge in [-0.25, -0.2) is 4.79 Å². The molecule has 0 heterocycles. The zero-order valence-corrected chi connectivity index (χ0v) is 23.1. The van der Waals surface area contributed by atoms with Gasteiger partial charge in [0.05, 0.1) is 13.1 Å². The number of aliphatic carboxylic acids is 1. The fourth-order valence-corrected chi connectivity index (χ4v) is 3.13. The fraction of sp³-hybridized carbons (Fsp3) is 0.750. The highest BCUT2D eigenvalue weighted by atomic mass is 16.4. The lowest BCUT2D eigenvalue weighted by Gasteiger charge is -2.25. The molecule has 0 aromatic carbocycles. The van der Waals surface area contributed by atoms with Gasteiger partial charge in [0.2, 0.25) is 23.6 Å². The Morgan fingerprint density at radius 3 is 1.43 bits per heavy atom. The molecule has 0 fully saturated rings. The maximum atomic E-state index is 12.6. The van der Waals surface area contributed by atoms with Crippen LogP contribution in [0.4, 0.5) is 0 Å². The number of carboxylic acids is 1. The minimum Gasteiger partial charge on any atom is -0.480 e. The molecule has 0 radical (unpaired) electrons. The predicted octanol–water partition coefficient (Wildman–Crippen LogP) is -2.01. The van der Waals surface area contributed by atoms with Gasteiger partial charge in [0, 0.05) is 5.92 Å². The lowest BCUT2D eigenvalue weighted by Crippen LogP contribution is -2.71. The van der Waals surface area contributed by atoms with Crippen LogP contribution in [0.5, 0.6) is 0 Å². The molecule has 13 heteroatoms. The van der Waals surface area contributed by atoms with Crippen molar-refractivity contribution in [3.05, 3.63) is 0 Å². The van der Waals surface area contributed by atoms with Crippen LogP contribution in [0, 0.1) is 23.7 Å². The number of quaternary nitrogens is 1. The van der Waals surface area contributed by atoms with E-state index in [1.54, 1.807) is 41.5 Å². The van der Waals surface area contributed by atoms with Crippen molar-refractivity contribution in [1.82, 2.24) is 26.6 Å². The third-order valence-electron chi connectivity index (χ3n) is 5.75. The van der Waals surface area contributed by atoms with Crippen LogP contribution in [0.2, 0.25) is 0 Å². The zero-order chi connectivity index (χ0) is 29.0. The summed E-state index contributed by atoms with van der Waals surface area (Å²) in [5, 5.41) is 21.7.